The minimum atomic E-state index is 0.272. The summed E-state index contributed by atoms with van der Waals surface area (Å²) in [6.45, 7) is 0. The van der Waals surface area contributed by atoms with Gasteiger partial charge in [-0.05, 0) is 34.1 Å². The number of benzene rings is 1. The molecule has 1 aromatic carbocycles. The van der Waals surface area contributed by atoms with E-state index in [0.29, 0.717) is 22.3 Å². The summed E-state index contributed by atoms with van der Waals surface area (Å²) < 4.78 is 6.83. The second kappa shape index (κ2) is 5.01. The number of imidazole rings is 1. The Morgan fingerprint density at radius 3 is 2.76 bits per heavy atom. The van der Waals surface area contributed by atoms with Gasteiger partial charge in [0, 0.05) is 10.0 Å². The number of carbonyl (C=O) groups excluding carboxylic acids is 1. The van der Waals surface area contributed by atoms with Crippen molar-refractivity contribution in [2.75, 3.05) is 7.11 Å². The summed E-state index contributed by atoms with van der Waals surface area (Å²) in [7, 11) is 1.59. The average Bonchev–Trinajstić information content (AvgIpc) is 2.70. The van der Waals surface area contributed by atoms with Crippen LogP contribution in [0.2, 0.25) is 0 Å². The topological polar surface area (TPSA) is 55.0 Å². The molecular weight excluding hydrogens is 352 g/mol. The Kier molecular flexibility index (Phi) is 3.63. The van der Waals surface area contributed by atoms with Crippen LogP contribution in [0.3, 0.4) is 0 Å². The number of halogens is 2. The molecule has 0 amide bonds. The van der Waals surface area contributed by atoms with E-state index in [1.807, 2.05) is 18.2 Å². The fraction of sp³-hybridized carbons (Fsp3) is 0.0909. The Hall–Kier alpha value is -1.14. The van der Waals surface area contributed by atoms with Crippen LogP contribution >= 0.6 is 31.9 Å². The van der Waals surface area contributed by atoms with Gasteiger partial charge in [0.25, 0.3) is 0 Å². The van der Waals surface area contributed by atoms with Crippen molar-refractivity contribution in [3.63, 3.8) is 0 Å². The Morgan fingerprint density at radius 1 is 1.41 bits per heavy atom. The van der Waals surface area contributed by atoms with E-state index in [1.54, 1.807) is 7.11 Å². The van der Waals surface area contributed by atoms with E-state index >= 15 is 0 Å². The molecule has 4 nitrogen and oxygen atoms in total. The number of aldehydes is 1. The molecule has 0 aliphatic rings. The Labute approximate surface area is 115 Å². The van der Waals surface area contributed by atoms with Crippen LogP contribution in [0.1, 0.15) is 10.6 Å². The maximum Gasteiger partial charge on any atom is 0.185 e. The van der Waals surface area contributed by atoms with Gasteiger partial charge in [-0.2, -0.15) is 0 Å². The van der Waals surface area contributed by atoms with E-state index in [2.05, 4.69) is 41.8 Å². The number of hydrogen-bond acceptors (Lipinski definition) is 3. The maximum absolute atomic E-state index is 10.7. The number of carbonyl (C=O) groups is 1. The van der Waals surface area contributed by atoms with Gasteiger partial charge in [-0.1, -0.05) is 15.9 Å². The summed E-state index contributed by atoms with van der Waals surface area (Å²) in [5.74, 6) is 0.965. The van der Waals surface area contributed by atoms with Gasteiger partial charge < -0.3 is 9.72 Å². The fourth-order valence-corrected chi connectivity index (χ4v) is 2.34. The van der Waals surface area contributed by atoms with Crippen molar-refractivity contribution in [3.05, 3.63) is 33.1 Å². The molecule has 17 heavy (non-hydrogen) atoms. The summed E-state index contributed by atoms with van der Waals surface area (Å²) in [4.78, 5) is 17.7. The Balaban J connectivity index is 2.61. The first-order valence-electron chi connectivity index (χ1n) is 4.70. The molecule has 2 rings (SSSR count). The molecule has 0 unspecified atom stereocenters. The highest BCUT2D eigenvalue weighted by molar-refractivity contribution is 9.10. The van der Waals surface area contributed by atoms with Crippen molar-refractivity contribution < 1.29 is 9.53 Å². The van der Waals surface area contributed by atoms with Gasteiger partial charge in [0.2, 0.25) is 0 Å². The number of methoxy groups -OCH3 is 1. The monoisotopic (exact) mass is 358 g/mol. The molecule has 0 radical (unpaired) electrons. The molecule has 1 heterocycles. The minimum absolute atomic E-state index is 0.272. The van der Waals surface area contributed by atoms with Crippen molar-refractivity contribution in [2.45, 2.75) is 0 Å². The molecule has 2 aromatic rings. The molecule has 1 N–H and O–H groups in total. The second-order valence-electron chi connectivity index (χ2n) is 3.25. The molecule has 1 aromatic heterocycles. The smallest absolute Gasteiger partial charge is 0.185 e. The van der Waals surface area contributed by atoms with Gasteiger partial charge in [0.15, 0.2) is 12.1 Å². The molecule has 0 fully saturated rings. The normalized spacial score (nSPS) is 10.3. The maximum atomic E-state index is 10.7. The van der Waals surface area contributed by atoms with Crippen LogP contribution in [0, 0.1) is 0 Å². The highest BCUT2D eigenvalue weighted by Gasteiger charge is 2.14. The zero-order chi connectivity index (χ0) is 12.4. The number of H-pyrrole nitrogens is 1. The predicted octanol–water partition coefficient (Wildman–Crippen LogP) is 3.42. The van der Waals surface area contributed by atoms with Crippen LogP contribution in [0.4, 0.5) is 0 Å². The summed E-state index contributed by atoms with van der Waals surface area (Å²) in [6, 6.07) is 5.60. The van der Waals surface area contributed by atoms with E-state index in [4.69, 9.17) is 4.74 Å². The highest BCUT2D eigenvalue weighted by atomic mass is 79.9. The number of nitrogens with one attached hydrogen (secondary N) is 1. The van der Waals surface area contributed by atoms with E-state index in [0.717, 1.165) is 10.0 Å². The van der Waals surface area contributed by atoms with Gasteiger partial charge in [-0.3, -0.25) is 4.79 Å². The molecule has 0 atom stereocenters. The van der Waals surface area contributed by atoms with E-state index in [1.165, 1.54) is 0 Å². The molecule has 0 saturated heterocycles. The number of hydrogen-bond donors (Lipinski definition) is 1. The summed E-state index contributed by atoms with van der Waals surface area (Å²) in [5, 5.41) is 0. The lowest BCUT2D eigenvalue weighted by atomic mass is 10.1. The van der Waals surface area contributed by atoms with Crippen molar-refractivity contribution >= 4 is 38.1 Å². The standard InChI is InChI=1S/C11H8Br2N2O2/c1-17-8-3-2-6(12)4-7(8)10-11(13)15-9(5-16)14-10/h2-5H,1H3,(H,14,15). The van der Waals surface area contributed by atoms with E-state index in [9.17, 15) is 4.79 Å². The zero-order valence-electron chi connectivity index (χ0n) is 8.83. The van der Waals surface area contributed by atoms with Crippen molar-refractivity contribution in [1.29, 1.82) is 0 Å². The van der Waals surface area contributed by atoms with Crippen LogP contribution in [-0.2, 0) is 0 Å². The zero-order valence-corrected chi connectivity index (χ0v) is 12.0. The predicted molar refractivity (Wildman–Crippen MR) is 71.4 cm³/mol. The SMILES string of the molecule is COc1ccc(Br)cc1-c1nc(C=O)[nH]c1Br. The molecular formula is C11H8Br2N2O2. The number of ether oxygens (including phenoxy) is 1. The third-order valence-electron chi connectivity index (χ3n) is 2.21. The number of nitrogens with zero attached hydrogens (tertiary/aromatic N) is 1. The lowest BCUT2D eigenvalue weighted by molar-refractivity contribution is 0.111. The van der Waals surface area contributed by atoms with Gasteiger partial charge in [0.05, 0.1) is 7.11 Å². The van der Waals surface area contributed by atoms with Crippen LogP contribution in [0.15, 0.2) is 27.3 Å². The second-order valence-corrected chi connectivity index (χ2v) is 4.96. The van der Waals surface area contributed by atoms with Gasteiger partial charge in [-0.25, -0.2) is 4.98 Å². The minimum Gasteiger partial charge on any atom is -0.496 e. The highest BCUT2D eigenvalue weighted by Crippen LogP contribution is 2.35. The van der Waals surface area contributed by atoms with Crippen LogP contribution in [0.5, 0.6) is 5.75 Å². The first-order chi connectivity index (χ1) is 8.15. The van der Waals surface area contributed by atoms with Gasteiger partial charge in [-0.15, -0.1) is 0 Å². The summed E-state index contributed by atoms with van der Waals surface area (Å²) in [5.41, 5.74) is 1.45. The first kappa shape index (κ1) is 12.3. The number of rotatable bonds is 3. The van der Waals surface area contributed by atoms with Crippen molar-refractivity contribution in [1.82, 2.24) is 9.97 Å². The number of aromatic nitrogens is 2. The summed E-state index contributed by atoms with van der Waals surface area (Å²) in [6.07, 6.45) is 0.665. The lowest BCUT2D eigenvalue weighted by Gasteiger charge is -2.06. The largest absolute Gasteiger partial charge is 0.496 e. The molecule has 0 aliphatic heterocycles. The molecule has 0 aliphatic carbocycles. The van der Waals surface area contributed by atoms with Crippen LogP contribution in [-0.4, -0.2) is 23.4 Å². The van der Waals surface area contributed by atoms with Crippen LogP contribution < -0.4 is 4.74 Å². The lowest BCUT2D eigenvalue weighted by Crippen LogP contribution is -1.89. The molecule has 6 heteroatoms. The van der Waals surface area contributed by atoms with Gasteiger partial charge in [0.1, 0.15) is 16.0 Å². The van der Waals surface area contributed by atoms with E-state index in [-0.39, 0.29) is 5.82 Å². The molecule has 0 saturated carbocycles. The first-order valence-corrected chi connectivity index (χ1v) is 6.29. The van der Waals surface area contributed by atoms with Crippen molar-refractivity contribution in [3.8, 4) is 17.0 Å². The molecule has 88 valence electrons. The van der Waals surface area contributed by atoms with Gasteiger partial charge >= 0.3 is 0 Å². The summed E-state index contributed by atoms with van der Waals surface area (Å²) >= 11 is 6.73. The fourth-order valence-electron chi connectivity index (χ4n) is 1.47. The quantitative estimate of drug-likeness (QED) is 0.854. The van der Waals surface area contributed by atoms with Crippen molar-refractivity contribution in [2.24, 2.45) is 0 Å². The third-order valence-corrected chi connectivity index (χ3v) is 3.27. The third kappa shape index (κ3) is 2.42. The van der Waals surface area contributed by atoms with E-state index < -0.39 is 0 Å². The molecule has 0 bridgehead atoms. The van der Waals surface area contributed by atoms with Crippen LogP contribution in [0.25, 0.3) is 11.3 Å². The molecule has 0 spiro atoms. The Bertz CT molecular complexity index is 567. The number of aromatic amines is 1. The Morgan fingerprint density at radius 2 is 2.18 bits per heavy atom. The average molecular weight is 360 g/mol.